The molecule has 1 saturated carbocycles. The number of carbonyl (C=O) groups is 1. The van der Waals surface area contributed by atoms with Gasteiger partial charge in [0, 0.05) is 17.6 Å². The molecule has 2 rings (SSSR count). The third kappa shape index (κ3) is 3.72. The lowest BCUT2D eigenvalue weighted by Gasteiger charge is -2.14. The maximum atomic E-state index is 11.7. The summed E-state index contributed by atoms with van der Waals surface area (Å²) < 4.78 is 0. The molecule has 1 amide bonds. The van der Waals surface area contributed by atoms with E-state index in [-0.39, 0.29) is 11.9 Å². The van der Waals surface area contributed by atoms with E-state index in [1.165, 1.54) is 0 Å². The third-order valence-corrected chi connectivity index (χ3v) is 3.48. The van der Waals surface area contributed by atoms with E-state index in [0.717, 1.165) is 29.0 Å². The van der Waals surface area contributed by atoms with Crippen LogP contribution in [0.3, 0.4) is 0 Å². The fourth-order valence-electron chi connectivity index (χ4n) is 1.71. The Kier molecular flexibility index (Phi) is 4.25. The highest BCUT2D eigenvalue weighted by atomic mass is 35.5. The quantitative estimate of drug-likeness (QED) is 0.859. The summed E-state index contributed by atoms with van der Waals surface area (Å²) in [4.78, 5) is 11.7. The number of hydrogen-bond donors (Lipinski definition) is 2. The van der Waals surface area contributed by atoms with E-state index in [2.05, 4.69) is 10.6 Å². The van der Waals surface area contributed by atoms with Crippen LogP contribution < -0.4 is 10.6 Å². The highest BCUT2D eigenvalue weighted by molar-refractivity contribution is 6.31. The first-order valence-electron chi connectivity index (χ1n) is 6.35. The van der Waals surface area contributed by atoms with Crippen LogP contribution in [0.25, 0.3) is 0 Å². The minimum Gasteiger partial charge on any atom is -0.352 e. The van der Waals surface area contributed by atoms with Gasteiger partial charge >= 0.3 is 0 Å². The molecule has 0 heterocycles. The van der Waals surface area contributed by atoms with E-state index in [1.807, 2.05) is 32.0 Å². The summed E-state index contributed by atoms with van der Waals surface area (Å²) in [6, 6.07) is 6.18. The lowest BCUT2D eigenvalue weighted by molar-refractivity contribution is -0.122. The molecule has 2 N–H and O–H groups in total. The number of amides is 1. The first kappa shape index (κ1) is 13.4. The van der Waals surface area contributed by atoms with Crippen molar-refractivity contribution < 1.29 is 4.79 Å². The Bertz CT molecular complexity index is 443. The van der Waals surface area contributed by atoms with Gasteiger partial charge in [-0.05, 0) is 43.9 Å². The standard InChI is InChI=1S/C14H19ClN2O/c1-9-3-4-11(13(15)7-9)8-16-10(2)14(18)17-12-5-6-12/h3-4,7,10,12,16H,5-6,8H2,1-2H3,(H,17,18). The van der Waals surface area contributed by atoms with Crippen molar-refractivity contribution in [3.05, 3.63) is 34.3 Å². The van der Waals surface area contributed by atoms with Gasteiger partial charge in [0.25, 0.3) is 0 Å². The Hall–Kier alpha value is -1.06. The Morgan fingerprint density at radius 3 is 2.83 bits per heavy atom. The normalized spacial score (nSPS) is 16.4. The van der Waals surface area contributed by atoms with E-state index in [0.29, 0.717) is 12.6 Å². The average molecular weight is 267 g/mol. The number of nitrogens with one attached hydrogen (secondary N) is 2. The van der Waals surface area contributed by atoms with Gasteiger partial charge in [0.15, 0.2) is 0 Å². The number of benzene rings is 1. The molecule has 0 spiro atoms. The summed E-state index contributed by atoms with van der Waals surface area (Å²) in [5.41, 5.74) is 2.16. The van der Waals surface area contributed by atoms with E-state index in [9.17, 15) is 4.79 Å². The first-order chi connectivity index (χ1) is 8.56. The second-order valence-corrected chi connectivity index (χ2v) is 5.39. The van der Waals surface area contributed by atoms with Crippen LogP contribution in [-0.4, -0.2) is 18.0 Å². The predicted molar refractivity (Wildman–Crippen MR) is 73.7 cm³/mol. The number of rotatable bonds is 5. The minimum atomic E-state index is -0.192. The molecular formula is C14H19ClN2O. The summed E-state index contributed by atoms with van der Waals surface area (Å²) in [6.45, 7) is 4.49. The summed E-state index contributed by atoms with van der Waals surface area (Å²) in [6.07, 6.45) is 2.23. The van der Waals surface area contributed by atoms with Crippen molar-refractivity contribution in [2.75, 3.05) is 0 Å². The first-order valence-corrected chi connectivity index (χ1v) is 6.73. The molecule has 0 radical (unpaired) electrons. The molecule has 1 aliphatic carbocycles. The molecule has 3 nitrogen and oxygen atoms in total. The lowest BCUT2D eigenvalue weighted by Crippen LogP contribution is -2.42. The summed E-state index contributed by atoms with van der Waals surface area (Å²) >= 11 is 6.15. The Labute approximate surface area is 113 Å². The predicted octanol–water partition coefficient (Wildman–Crippen LogP) is 2.41. The zero-order valence-electron chi connectivity index (χ0n) is 10.8. The summed E-state index contributed by atoms with van der Waals surface area (Å²) in [7, 11) is 0. The number of hydrogen-bond acceptors (Lipinski definition) is 2. The molecule has 1 aromatic rings. The largest absolute Gasteiger partial charge is 0.352 e. The van der Waals surface area contributed by atoms with Crippen molar-refractivity contribution in [3.63, 3.8) is 0 Å². The fraction of sp³-hybridized carbons (Fsp3) is 0.500. The van der Waals surface area contributed by atoms with Gasteiger partial charge in [-0.3, -0.25) is 4.79 Å². The summed E-state index contributed by atoms with van der Waals surface area (Å²) in [5.74, 6) is 0.0701. The van der Waals surface area contributed by atoms with Crippen LogP contribution in [-0.2, 0) is 11.3 Å². The van der Waals surface area contributed by atoms with Crippen LogP contribution in [0.15, 0.2) is 18.2 Å². The van der Waals surface area contributed by atoms with Gasteiger partial charge in [-0.2, -0.15) is 0 Å². The molecule has 0 bridgehead atoms. The van der Waals surface area contributed by atoms with Gasteiger partial charge in [0.05, 0.1) is 6.04 Å². The van der Waals surface area contributed by atoms with Crippen LogP contribution in [0, 0.1) is 6.92 Å². The van der Waals surface area contributed by atoms with E-state index in [4.69, 9.17) is 11.6 Å². The highest BCUT2D eigenvalue weighted by Gasteiger charge is 2.25. The third-order valence-electron chi connectivity index (χ3n) is 3.12. The second kappa shape index (κ2) is 5.72. The molecule has 1 aliphatic rings. The van der Waals surface area contributed by atoms with Crippen molar-refractivity contribution in [2.24, 2.45) is 0 Å². The highest BCUT2D eigenvalue weighted by Crippen LogP contribution is 2.19. The maximum absolute atomic E-state index is 11.7. The molecule has 0 aliphatic heterocycles. The molecule has 1 fully saturated rings. The van der Waals surface area contributed by atoms with Gasteiger partial charge in [0.2, 0.25) is 5.91 Å². The van der Waals surface area contributed by atoms with Crippen molar-refractivity contribution >= 4 is 17.5 Å². The molecule has 1 unspecified atom stereocenters. The van der Waals surface area contributed by atoms with Gasteiger partial charge < -0.3 is 10.6 Å². The second-order valence-electron chi connectivity index (χ2n) is 4.98. The van der Waals surface area contributed by atoms with E-state index >= 15 is 0 Å². The van der Waals surface area contributed by atoms with Crippen molar-refractivity contribution in [1.82, 2.24) is 10.6 Å². The van der Waals surface area contributed by atoms with Crippen LogP contribution in [0.1, 0.15) is 30.9 Å². The molecule has 0 saturated heterocycles. The molecular weight excluding hydrogens is 248 g/mol. The Balaban J connectivity index is 1.84. The van der Waals surface area contributed by atoms with Gasteiger partial charge in [-0.1, -0.05) is 23.7 Å². The molecule has 1 atom stereocenters. The van der Waals surface area contributed by atoms with Gasteiger partial charge in [0.1, 0.15) is 0 Å². The molecule has 1 aromatic carbocycles. The number of carbonyl (C=O) groups excluding carboxylic acids is 1. The van der Waals surface area contributed by atoms with Gasteiger partial charge in [-0.25, -0.2) is 0 Å². The Morgan fingerprint density at radius 2 is 2.22 bits per heavy atom. The number of halogens is 1. The zero-order chi connectivity index (χ0) is 13.1. The van der Waals surface area contributed by atoms with Crippen molar-refractivity contribution in [1.29, 1.82) is 0 Å². The summed E-state index contributed by atoms with van der Waals surface area (Å²) in [5, 5.41) is 6.92. The van der Waals surface area contributed by atoms with Crippen molar-refractivity contribution in [2.45, 2.75) is 45.3 Å². The topological polar surface area (TPSA) is 41.1 Å². The smallest absolute Gasteiger partial charge is 0.237 e. The molecule has 0 aromatic heterocycles. The molecule has 4 heteroatoms. The van der Waals surface area contributed by atoms with Gasteiger partial charge in [-0.15, -0.1) is 0 Å². The van der Waals surface area contributed by atoms with Crippen LogP contribution in [0.4, 0.5) is 0 Å². The van der Waals surface area contributed by atoms with Crippen LogP contribution in [0.2, 0.25) is 5.02 Å². The van der Waals surface area contributed by atoms with Crippen LogP contribution in [0.5, 0.6) is 0 Å². The lowest BCUT2D eigenvalue weighted by atomic mass is 10.1. The van der Waals surface area contributed by atoms with Crippen molar-refractivity contribution in [3.8, 4) is 0 Å². The Morgan fingerprint density at radius 1 is 1.50 bits per heavy atom. The molecule has 18 heavy (non-hydrogen) atoms. The molecule has 98 valence electrons. The fourth-order valence-corrected chi connectivity index (χ4v) is 2.01. The van der Waals surface area contributed by atoms with E-state index < -0.39 is 0 Å². The minimum absolute atomic E-state index is 0.0701. The van der Waals surface area contributed by atoms with Crippen LogP contribution >= 0.6 is 11.6 Å². The SMILES string of the molecule is Cc1ccc(CNC(C)C(=O)NC2CC2)c(Cl)c1. The average Bonchev–Trinajstić information content (AvgIpc) is 3.11. The number of aryl methyl sites for hydroxylation is 1. The zero-order valence-corrected chi connectivity index (χ0v) is 11.6. The monoisotopic (exact) mass is 266 g/mol. The van der Waals surface area contributed by atoms with E-state index in [1.54, 1.807) is 0 Å². The maximum Gasteiger partial charge on any atom is 0.237 e.